The fraction of sp³-hybridized carbons (Fsp3) is 0.391. The van der Waals surface area contributed by atoms with Gasteiger partial charge in [0.1, 0.15) is 11.3 Å². The van der Waals surface area contributed by atoms with Gasteiger partial charge in [0.05, 0.1) is 7.11 Å². The van der Waals surface area contributed by atoms with Gasteiger partial charge in [0, 0.05) is 26.1 Å². The van der Waals surface area contributed by atoms with Gasteiger partial charge in [0.25, 0.3) is 6.01 Å². The third-order valence-electron chi connectivity index (χ3n) is 5.48. The molecule has 4 rings (SSSR count). The van der Waals surface area contributed by atoms with Crippen LogP contribution in [-0.2, 0) is 11.3 Å². The van der Waals surface area contributed by atoms with Crippen molar-refractivity contribution in [2.24, 2.45) is 5.92 Å². The van der Waals surface area contributed by atoms with E-state index >= 15 is 0 Å². The van der Waals surface area contributed by atoms with E-state index in [1.54, 1.807) is 7.11 Å². The number of rotatable bonds is 7. The lowest BCUT2D eigenvalue weighted by atomic mass is 9.93. The molecule has 152 valence electrons. The normalized spacial score (nSPS) is 16.7. The van der Waals surface area contributed by atoms with Crippen LogP contribution < -0.4 is 15.0 Å². The van der Waals surface area contributed by atoms with Gasteiger partial charge in [-0.15, -0.1) is 0 Å². The van der Waals surface area contributed by atoms with E-state index in [1.165, 1.54) is 0 Å². The zero-order valence-electron chi connectivity index (χ0n) is 16.8. The van der Waals surface area contributed by atoms with Crippen molar-refractivity contribution in [3.05, 3.63) is 54.1 Å². The molecule has 1 atom stereocenters. The van der Waals surface area contributed by atoms with Crippen LogP contribution in [0.1, 0.15) is 31.2 Å². The van der Waals surface area contributed by atoms with Crippen molar-refractivity contribution in [2.45, 2.75) is 32.2 Å². The lowest BCUT2D eigenvalue weighted by Crippen LogP contribution is -2.36. The van der Waals surface area contributed by atoms with Gasteiger partial charge in [0.15, 0.2) is 5.58 Å². The summed E-state index contributed by atoms with van der Waals surface area (Å²) in [7, 11) is 1.64. The van der Waals surface area contributed by atoms with E-state index in [2.05, 4.69) is 15.2 Å². The second kappa shape index (κ2) is 8.99. The molecular formula is C23H27N3O3. The molecule has 1 aliphatic heterocycles. The first-order valence-corrected chi connectivity index (χ1v) is 10.2. The van der Waals surface area contributed by atoms with E-state index in [9.17, 15) is 4.79 Å². The van der Waals surface area contributed by atoms with Gasteiger partial charge in [0.2, 0.25) is 5.91 Å². The summed E-state index contributed by atoms with van der Waals surface area (Å²) < 4.78 is 11.1. The van der Waals surface area contributed by atoms with Crippen molar-refractivity contribution < 1.29 is 13.9 Å². The molecule has 0 aliphatic carbocycles. The first kappa shape index (κ1) is 19.3. The lowest BCUT2D eigenvalue weighted by Gasteiger charge is -2.31. The van der Waals surface area contributed by atoms with E-state index in [-0.39, 0.29) is 5.91 Å². The van der Waals surface area contributed by atoms with Crippen LogP contribution in [0.25, 0.3) is 11.1 Å². The number of methoxy groups -OCH3 is 1. The van der Waals surface area contributed by atoms with Crippen molar-refractivity contribution in [1.29, 1.82) is 0 Å². The van der Waals surface area contributed by atoms with Crippen molar-refractivity contribution in [3.63, 3.8) is 0 Å². The Balaban J connectivity index is 1.26. The van der Waals surface area contributed by atoms with Crippen LogP contribution in [0.15, 0.2) is 52.9 Å². The zero-order chi connectivity index (χ0) is 20.1. The second-order valence-corrected chi connectivity index (χ2v) is 7.59. The van der Waals surface area contributed by atoms with Gasteiger partial charge in [-0.2, -0.15) is 4.98 Å². The molecule has 2 heterocycles. The smallest absolute Gasteiger partial charge is 0.298 e. The summed E-state index contributed by atoms with van der Waals surface area (Å²) in [5.74, 6) is 1.37. The standard InChI is InChI=1S/C23H27N3O3/c1-28-19-8-4-6-18(14-19)15-24-22(27)12-11-17-7-5-13-26(16-17)23-25-20-9-2-3-10-21(20)29-23/h2-4,6,8-10,14,17H,5,7,11-13,15-16H2,1H3,(H,24,27). The summed E-state index contributed by atoms with van der Waals surface area (Å²) >= 11 is 0. The number of carbonyl (C=O) groups excluding carboxylic acids is 1. The van der Waals surface area contributed by atoms with Gasteiger partial charge in [-0.3, -0.25) is 4.79 Å². The second-order valence-electron chi connectivity index (χ2n) is 7.59. The van der Waals surface area contributed by atoms with Crippen LogP contribution in [0.2, 0.25) is 0 Å². The number of anilines is 1. The Labute approximate surface area is 170 Å². The molecule has 6 heteroatoms. The summed E-state index contributed by atoms with van der Waals surface area (Å²) in [4.78, 5) is 19.1. The number of amides is 1. The Bertz CT molecular complexity index is 936. The van der Waals surface area contributed by atoms with E-state index < -0.39 is 0 Å². The molecule has 29 heavy (non-hydrogen) atoms. The lowest BCUT2D eigenvalue weighted by molar-refractivity contribution is -0.121. The predicted octanol–water partition coefficient (Wildman–Crippen LogP) is 4.15. The molecule has 6 nitrogen and oxygen atoms in total. The molecule has 3 aromatic rings. The first-order valence-electron chi connectivity index (χ1n) is 10.2. The molecule has 0 bridgehead atoms. The maximum absolute atomic E-state index is 12.3. The minimum atomic E-state index is 0.0896. The average Bonchev–Trinajstić information content (AvgIpc) is 3.21. The van der Waals surface area contributed by atoms with E-state index in [0.29, 0.717) is 24.9 Å². The molecule has 0 radical (unpaired) electrons. The van der Waals surface area contributed by atoms with Crippen LogP contribution in [0.3, 0.4) is 0 Å². The molecule has 1 aliphatic rings. The average molecular weight is 393 g/mol. The molecule has 1 unspecified atom stereocenters. The third kappa shape index (κ3) is 4.88. The number of para-hydroxylation sites is 2. The van der Waals surface area contributed by atoms with Crippen LogP contribution >= 0.6 is 0 Å². The summed E-state index contributed by atoms with van der Waals surface area (Å²) in [5, 5.41) is 3.01. The van der Waals surface area contributed by atoms with Gasteiger partial charge in [-0.25, -0.2) is 0 Å². The molecular weight excluding hydrogens is 366 g/mol. The number of hydrogen-bond donors (Lipinski definition) is 1. The number of fused-ring (bicyclic) bond motifs is 1. The summed E-state index contributed by atoms with van der Waals surface area (Å²) in [6, 6.07) is 16.3. The van der Waals surface area contributed by atoms with Crippen molar-refractivity contribution >= 4 is 23.0 Å². The molecule has 1 amide bonds. The monoisotopic (exact) mass is 393 g/mol. The molecule has 1 saturated heterocycles. The highest BCUT2D eigenvalue weighted by Gasteiger charge is 2.24. The number of nitrogens with one attached hydrogen (secondary N) is 1. The number of piperidine rings is 1. The molecule has 0 spiro atoms. The van der Waals surface area contributed by atoms with Crippen LogP contribution in [0.5, 0.6) is 5.75 Å². The number of carbonyl (C=O) groups is 1. The minimum Gasteiger partial charge on any atom is -0.497 e. The predicted molar refractivity (Wildman–Crippen MR) is 113 cm³/mol. The summed E-state index contributed by atoms with van der Waals surface area (Å²) in [6.07, 6.45) is 3.64. The maximum Gasteiger partial charge on any atom is 0.298 e. The highest BCUT2D eigenvalue weighted by molar-refractivity contribution is 5.76. The van der Waals surface area contributed by atoms with Gasteiger partial charge >= 0.3 is 0 Å². The number of oxazole rings is 1. The number of benzene rings is 2. The van der Waals surface area contributed by atoms with Crippen molar-refractivity contribution in [1.82, 2.24) is 10.3 Å². The number of aromatic nitrogens is 1. The number of hydrogen-bond acceptors (Lipinski definition) is 5. The van der Waals surface area contributed by atoms with Crippen LogP contribution in [0, 0.1) is 5.92 Å². The Hall–Kier alpha value is -3.02. The number of nitrogens with zero attached hydrogens (tertiary/aromatic N) is 2. The third-order valence-corrected chi connectivity index (χ3v) is 5.48. The Morgan fingerprint density at radius 2 is 2.17 bits per heavy atom. The fourth-order valence-corrected chi connectivity index (χ4v) is 3.88. The van der Waals surface area contributed by atoms with Crippen molar-refractivity contribution in [2.75, 3.05) is 25.1 Å². The highest BCUT2D eigenvalue weighted by atomic mass is 16.5. The van der Waals surface area contributed by atoms with Crippen molar-refractivity contribution in [3.8, 4) is 5.75 Å². The Morgan fingerprint density at radius 1 is 1.28 bits per heavy atom. The molecule has 1 aromatic heterocycles. The van der Waals surface area contributed by atoms with E-state index in [0.717, 1.165) is 54.8 Å². The quantitative estimate of drug-likeness (QED) is 0.653. The highest BCUT2D eigenvalue weighted by Crippen LogP contribution is 2.28. The molecule has 1 fully saturated rings. The largest absolute Gasteiger partial charge is 0.497 e. The van der Waals surface area contributed by atoms with E-state index in [1.807, 2.05) is 48.5 Å². The topological polar surface area (TPSA) is 67.6 Å². The summed E-state index contributed by atoms with van der Waals surface area (Å²) in [5.41, 5.74) is 2.75. The molecule has 0 saturated carbocycles. The zero-order valence-corrected chi connectivity index (χ0v) is 16.8. The Morgan fingerprint density at radius 3 is 3.03 bits per heavy atom. The minimum absolute atomic E-state index is 0.0896. The molecule has 2 aromatic carbocycles. The SMILES string of the molecule is COc1cccc(CNC(=O)CCC2CCCN(c3nc4ccccc4o3)C2)c1. The Kier molecular flexibility index (Phi) is 5.98. The maximum atomic E-state index is 12.3. The van der Waals surface area contributed by atoms with E-state index in [4.69, 9.17) is 9.15 Å². The summed E-state index contributed by atoms with van der Waals surface area (Å²) in [6.45, 7) is 2.36. The van der Waals surface area contributed by atoms with Gasteiger partial charge < -0.3 is 19.4 Å². The first-order chi connectivity index (χ1) is 14.2. The molecule has 1 N–H and O–H groups in total. The van der Waals surface area contributed by atoms with Crippen LogP contribution in [-0.4, -0.2) is 31.1 Å². The van der Waals surface area contributed by atoms with Crippen LogP contribution in [0.4, 0.5) is 6.01 Å². The van der Waals surface area contributed by atoms with Gasteiger partial charge in [-0.1, -0.05) is 24.3 Å². The fourth-order valence-electron chi connectivity index (χ4n) is 3.88. The number of ether oxygens (including phenoxy) is 1. The van der Waals surface area contributed by atoms with Gasteiger partial charge in [-0.05, 0) is 55.0 Å².